The van der Waals surface area contributed by atoms with Gasteiger partial charge in [-0.3, -0.25) is 4.79 Å². The van der Waals surface area contributed by atoms with E-state index in [1.165, 1.54) is 30.0 Å². The van der Waals surface area contributed by atoms with E-state index in [1.54, 1.807) is 7.11 Å². The number of nitrogens with zero attached hydrogens (tertiary/aromatic N) is 2. The van der Waals surface area contributed by atoms with Gasteiger partial charge in [-0.1, -0.05) is 41.4 Å². The number of rotatable bonds is 8. The van der Waals surface area contributed by atoms with Crippen molar-refractivity contribution in [3.05, 3.63) is 94.8 Å². The van der Waals surface area contributed by atoms with Crippen molar-refractivity contribution in [2.75, 3.05) is 18.2 Å². The van der Waals surface area contributed by atoms with Gasteiger partial charge in [0.15, 0.2) is 0 Å². The summed E-state index contributed by atoms with van der Waals surface area (Å²) in [5, 5.41) is 13.3. The number of nitrogens with one attached hydrogen (secondary N) is 1. The zero-order valence-corrected chi connectivity index (χ0v) is 21.8. The first-order chi connectivity index (χ1) is 17.9. The minimum Gasteiger partial charge on any atom is -0.497 e. The molecule has 1 heterocycles. The van der Waals surface area contributed by atoms with E-state index in [0.29, 0.717) is 27.7 Å². The zero-order valence-electron chi connectivity index (χ0n) is 20.2. The third-order valence-electron chi connectivity index (χ3n) is 5.62. The Morgan fingerprint density at radius 1 is 1.08 bits per heavy atom. The highest BCUT2D eigenvalue weighted by molar-refractivity contribution is 7.99. The van der Waals surface area contributed by atoms with Gasteiger partial charge in [-0.25, -0.2) is 9.37 Å². The van der Waals surface area contributed by atoms with Crippen LogP contribution in [0.2, 0.25) is 5.02 Å². The van der Waals surface area contributed by atoms with Crippen LogP contribution < -0.4 is 10.1 Å². The van der Waals surface area contributed by atoms with Crippen molar-refractivity contribution < 1.29 is 13.9 Å². The van der Waals surface area contributed by atoms with Gasteiger partial charge in [0.25, 0.3) is 0 Å². The van der Waals surface area contributed by atoms with Crippen molar-refractivity contribution in [3.63, 3.8) is 0 Å². The van der Waals surface area contributed by atoms with E-state index in [9.17, 15) is 14.4 Å². The fourth-order valence-corrected chi connectivity index (χ4v) is 4.77. The molecule has 0 bridgehead atoms. The number of anilines is 1. The van der Waals surface area contributed by atoms with Crippen LogP contribution in [0, 0.1) is 24.1 Å². The van der Waals surface area contributed by atoms with Gasteiger partial charge < -0.3 is 10.1 Å². The molecule has 4 rings (SSSR count). The Hall–Kier alpha value is -3.86. The lowest BCUT2D eigenvalue weighted by Gasteiger charge is -2.13. The van der Waals surface area contributed by atoms with Gasteiger partial charge in [0.2, 0.25) is 5.91 Å². The van der Waals surface area contributed by atoms with Crippen LogP contribution in [0.1, 0.15) is 17.5 Å². The van der Waals surface area contributed by atoms with E-state index in [1.807, 2.05) is 61.5 Å². The number of benzene rings is 3. The van der Waals surface area contributed by atoms with Crippen LogP contribution in [-0.4, -0.2) is 23.8 Å². The Bertz CT molecular complexity index is 1470. The summed E-state index contributed by atoms with van der Waals surface area (Å²) in [5.41, 5.74) is 5.27. The van der Waals surface area contributed by atoms with Gasteiger partial charge in [-0.15, -0.1) is 11.8 Å². The Morgan fingerprint density at radius 3 is 2.43 bits per heavy atom. The van der Waals surface area contributed by atoms with Crippen LogP contribution >= 0.6 is 23.4 Å². The smallest absolute Gasteiger partial charge is 0.225 e. The van der Waals surface area contributed by atoms with Gasteiger partial charge in [0.1, 0.15) is 22.7 Å². The van der Waals surface area contributed by atoms with Gasteiger partial charge in [-0.2, -0.15) is 5.26 Å². The minimum atomic E-state index is -0.550. The fraction of sp³-hybridized carbons (Fsp3) is 0.138. The number of pyridine rings is 1. The molecule has 4 aromatic rings. The lowest BCUT2D eigenvalue weighted by atomic mass is 9.98. The number of carbonyl (C=O) groups excluding carboxylic acids is 1. The number of aromatic nitrogens is 1. The summed E-state index contributed by atoms with van der Waals surface area (Å²) in [6, 6.07) is 23.8. The van der Waals surface area contributed by atoms with Crippen molar-refractivity contribution in [1.82, 2.24) is 4.98 Å². The number of nitriles is 1. The second-order valence-corrected chi connectivity index (χ2v) is 9.71. The van der Waals surface area contributed by atoms with Crippen molar-refractivity contribution in [3.8, 4) is 34.2 Å². The molecule has 1 amide bonds. The van der Waals surface area contributed by atoms with E-state index in [4.69, 9.17) is 21.3 Å². The average Bonchev–Trinajstić information content (AvgIpc) is 2.91. The van der Waals surface area contributed by atoms with E-state index in [-0.39, 0.29) is 17.4 Å². The summed E-state index contributed by atoms with van der Waals surface area (Å²) in [4.78, 5) is 17.2. The lowest BCUT2D eigenvalue weighted by Crippen LogP contribution is -2.12. The SMILES string of the molecule is COc1ccc(-c2cc(-c3ccc(C)cc3)c(C#N)c(SCCC(=O)Nc3ccc(F)c(Cl)c3)n2)cc1. The van der Waals surface area contributed by atoms with Crippen molar-refractivity contribution >= 4 is 35.0 Å². The van der Waals surface area contributed by atoms with Gasteiger partial charge in [0.05, 0.1) is 23.4 Å². The number of halogens is 2. The molecule has 0 atom stereocenters. The molecule has 0 unspecified atom stereocenters. The number of aryl methyl sites for hydroxylation is 1. The second-order valence-electron chi connectivity index (χ2n) is 8.22. The summed E-state index contributed by atoms with van der Waals surface area (Å²) in [7, 11) is 1.61. The number of amides is 1. The normalized spacial score (nSPS) is 10.6. The monoisotopic (exact) mass is 531 g/mol. The van der Waals surface area contributed by atoms with Crippen LogP contribution in [0.3, 0.4) is 0 Å². The molecule has 0 radical (unpaired) electrons. The van der Waals surface area contributed by atoms with Crippen molar-refractivity contribution in [2.24, 2.45) is 0 Å². The molecular weight excluding hydrogens is 509 g/mol. The standard InChI is InChI=1S/C29H23ClFN3O2S/c1-18-3-5-19(6-4-18)23-16-27(20-7-10-22(36-2)11-8-20)34-29(24(23)17-32)37-14-13-28(35)33-21-9-12-26(31)25(30)15-21/h3-12,15-16H,13-14H2,1-2H3,(H,33,35). The summed E-state index contributed by atoms with van der Waals surface area (Å²) < 4.78 is 18.6. The van der Waals surface area contributed by atoms with Gasteiger partial charge in [-0.05, 0) is 61.0 Å². The summed E-state index contributed by atoms with van der Waals surface area (Å²) in [6.07, 6.45) is 0.166. The zero-order chi connectivity index (χ0) is 26.4. The maximum Gasteiger partial charge on any atom is 0.225 e. The highest BCUT2D eigenvalue weighted by Gasteiger charge is 2.17. The van der Waals surface area contributed by atoms with Crippen LogP contribution in [0.5, 0.6) is 5.75 Å². The van der Waals surface area contributed by atoms with E-state index in [0.717, 1.165) is 28.0 Å². The highest BCUT2D eigenvalue weighted by atomic mass is 35.5. The van der Waals surface area contributed by atoms with Crippen LogP contribution in [0.15, 0.2) is 77.8 Å². The van der Waals surface area contributed by atoms with Crippen molar-refractivity contribution in [2.45, 2.75) is 18.4 Å². The molecule has 0 spiro atoms. The molecule has 1 aromatic heterocycles. The summed E-state index contributed by atoms with van der Waals surface area (Å²) >= 11 is 7.13. The van der Waals surface area contributed by atoms with Gasteiger partial charge in [0, 0.05) is 29.0 Å². The van der Waals surface area contributed by atoms with E-state index >= 15 is 0 Å². The Morgan fingerprint density at radius 2 is 1.78 bits per heavy atom. The lowest BCUT2D eigenvalue weighted by molar-refractivity contribution is -0.115. The number of hydrogen-bond acceptors (Lipinski definition) is 5. The molecule has 5 nitrogen and oxygen atoms in total. The minimum absolute atomic E-state index is 0.0611. The predicted molar refractivity (Wildman–Crippen MR) is 146 cm³/mol. The molecule has 0 saturated heterocycles. The first-order valence-electron chi connectivity index (χ1n) is 11.4. The topological polar surface area (TPSA) is 75.0 Å². The number of hydrogen-bond donors (Lipinski definition) is 1. The molecule has 8 heteroatoms. The Balaban J connectivity index is 1.60. The highest BCUT2D eigenvalue weighted by Crippen LogP contribution is 2.35. The largest absolute Gasteiger partial charge is 0.497 e. The molecule has 0 aliphatic rings. The number of ether oxygens (including phenoxy) is 1. The number of carbonyl (C=O) groups is 1. The van der Waals surface area contributed by atoms with Crippen molar-refractivity contribution in [1.29, 1.82) is 5.26 Å². The van der Waals surface area contributed by atoms with Crippen LogP contribution in [0.4, 0.5) is 10.1 Å². The molecule has 0 fully saturated rings. The van der Waals surface area contributed by atoms with E-state index in [2.05, 4.69) is 11.4 Å². The molecule has 0 aliphatic heterocycles. The molecule has 0 aliphatic carbocycles. The fourth-order valence-electron chi connectivity index (χ4n) is 3.64. The maximum atomic E-state index is 13.4. The quantitative estimate of drug-likeness (QED) is 0.238. The van der Waals surface area contributed by atoms with Gasteiger partial charge >= 0.3 is 0 Å². The first kappa shape index (κ1) is 26.2. The molecule has 1 N–H and O–H groups in total. The molecule has 0 saturated carbocycles. The molecular formula is C29H23ClFN3O2S. The first-order valence-corrected chi connectivity index (χ1v) is 12.8. The molecule has 37 heavy (non-hydrogen) atoms. The molecule has 3 aromatic carbocycles. The average molecular weight is 532 g/mol. The van der Waals surface area contributed by atoms with Crippen LogP contribution in [-0.2, 0) is 4.79 Å². The molecule has 186 valence electrons. The second kappa shape index (κ2) is 11.9. The van der Waals surface area contributed by atoms with Crippen LogP contribution in [0.25, 0.3) is 22.4 Å². The third kappa shape index (κ3) is 6.48. The third-order valence-corrected chi connectivity index (χ3v) is 6.88. The Labute approximate surface area is 224 Å². The Kier molecular flexibility index (Phi) is 8.44. The maximum absolute atomic E-state index is 13.4. The summed E-state index contributed by atoms with van der Waals surface area (Å²) in [5.74, 6) is 0.325. The predicted octanol–water partition coefficient (Wildman–Crippen LogP) is 7.52. The summed E-state index contributed by atoms with van der Waals surface area (Å²) in [6.45, 7) is 2.01. The number of methoxy groups -OCH3 is 1. The van der Waals surface area contributed by atoms with E-state index < -0.39 is 5.82 Å². The number of thioether (sulfide) groups is 1.